The fourth-order valence-electron chi connectivity index (χ4n) is 2.64. The lowest BCUT2D eigenvalue weighted by Gasteiger charge is -2.16. The van der Waals surface area contributed by atoms with Gasteiger partial charge >= 0.3 is 0 Å². The summed E-state index contributed by atoms with van der Waals surface area (Å²) in [5.74, 6) is 0.346. The van der Waals surface area contributed by atoms with Gasteiger partial charge in [0.25, 0.3) is 0 Å². The van der Waals surface area contributed by atoms with Crippen LogP contribution in [0.25, 0.3) is 11.0 Å². The maximum absolute atomic E-state index is 13.8. The monoisotopic (exact) mass is 284 g/mol. The third-order valence-corrected chi connectivity index (χ3v) is 3.67. The maximum Gasteiger partial charge on any atom is 0.169 e. The number of furan rings is 1. The summed E-state index contributed by atoms with van der Waals surface area (Å²) < 4.78 is 19.5. The van der Waals surface area contributed by atoms with Crippen molar-refractivity contribution >= 4 is 11.0 Å². The van der Waals surface area contributed by atoms with Crippen LogP contribution in [-0.4, -0.2) is 12.0 Å². The second kappa shape index (κ2) is 5.30. The van der Waals surface area contributed by atoms with Crippen LogP contribution in [0.5, 0.6) is 0 Å². The molecule has 21 heavy (non-hydrogen) atoms. The molecule has 0 saturated heterocycles. The molecule has 0 radical (unpaired) electrons. The number of halogens is 1. The van der Waals surface area contributed by atoms with E-state index in [0.29, 0.717) is 11.3 Å². The number of pyridine rings is 1. The first kappa shape index (κ1) is 13.8. The molecule has 2 aromatic heterocycles. The molecular weight excluding hydrogens is 267 g/mol. The van der Waals surface area contributed by atoms with Crippen molar-refractivity contribution in [2.45, 2.75) is 19.9 Å². The highest BCUT2D eigenvalue weighted by molar-refractivity contribution is 5.78. The van der Waals surface area contributed by atoms with E-state index in [0.717, 1.165) is 22.3 Å². The number of hydrogen-bond donors (Lipinski definition) is 1. The van der Waals surface area contributed by atoms with Gasteiger partial charge in [-0.1, -0.05) is 18.2 Å². The molecule has 0 amide bonds. The van der Waals surface area contributed by atoms with Gasteiger partial charge in [-0.3, -0.25) is 4.98 Å². The number of nitrogens with zero attached hydrogens (tertiary/aromatic N) is 1. The minimum absolute atomic E-state index is 0.148. The summed E-state index contributed by atoms with van der Waals surface area (Å²) in [5.41, 5.74) is 3.24. The molecule has 3 aromatic rings. The quantitative estimate of drug-likeness (QED) is 0.793. The van der Waals surface area contributed by atoms with Gasteiger partial charge < -0.3 is 9.73 Å². The third-order valence-electron chi connectivity index (χ3n) is 3.67. The molecule has 108 valence electrons. The van der Waals surface area contributed by atoms with Crippen LogP contribution < -0.4 is 5.32 Å². The summed E-state index contributed by atoms with van der Waals surface area (Å²) in [5, 5.41) is 3.99. The van der Waals surface area contributed by atoms with E-state index >= 15 is 0 Å². The first-order chi connectivity index (χ1) is 10.1. The van der Waals surface area contributed by atoms with Crippen molar-refractivity contribution in [3.8, 4) is 0 Å². The summed E-state index contributed by atoms with van der Waals surface area (Å²) in [4.78, 5) is 4.48. The predicted molar refractivity (Wildman–Crippen MR) is 80.8 cm³/mol. The van der Waals surface area contributed by atoms with Gasteiger partial charge in [-0.2, -0.15) is 0 Å². The van der Waals surface area contributed by atoms with E-state index < -0.39 is 0 Å². The van der Waals surface area contributed by atoms with E-state index in [1.807, 2.05) is 45.2 Å². The predicted octanol–water partition coefficient (Wildman–Crippen LogP) is 3.89. The van der Waals surface area contributed by atoms with Crippen LogP contribution in [-0.2, 0) is 0 Å². The van der Waals surface area contributed by atoms with E-state index in [9.17, 15) is 4.39 Å². The smallest absolute Gasteiger partial charge is 0.169 e. The molecule has 0 fully saturated rings. The van der Waals surface area contributed by atoms with Gasteiger partial charge in [-0.25, -0.2) is 4.39 Å². The molecule has 0 aliphatic rings. The number of benzene rings is 1. The molecule has 3 nitrogen and oxygen atoms in total. The number of para-hydroxylation sites is 1. The number of fused-ring (bicyclic) bond motifs is 1. The van der Waals surface area contributed by atoms with Crippen molar-refractivity contribution in [3.05, 3.63) is 64.9 Å². The highest BCUT2D eigenvalue weighted by Crippen LogP contribution is 2.30. The molecule has 0 spiro atoms. The average Bonchev–Trinajstić information content (AvgIpc) is 2.87. The number of aromatic nitrogens is 1. The Kier molecular flexibility index (Phi) is 3.47. The van der Waals surface area contributed by atoms with Gasteiger partial charge in [-0.05, 0) is 44.7 Å². The Labute approximate surface area is 122 Å². The average molecular weight is 284 g/mol. The molecule has 1 unspecified atom stereocenters. The highest BCUT2D eigenvalue weighted by atomic mass is 19.1. The van der Waals surface area contributed by atoms with Crippen LogP contribution in [0.3, 0.4) is 0 Å². The normalized spacial score (nSPS) is 12.8. The largest absolute Gasteiger partial charge is 0.456 e. The Balaban J connectivity index is 2.11. The molecule has 1 aromatic carbocycles. The molecule has 2 heterocycles. The summed E-state index contributed by atoms with van der Waals surface area (Å²) in [6, 6.07) is 10.7. The lowest BCUT2D eigenvalue weighted by atomic mass is 10.0. The number of aryl methyl sites for hydroxylation is 2. The van der Waals surface area contributed by atoms with Crippen molar-refractivity contribution in [1.29, 1.82) is 0 Å². The zero-order valence-corrected chi connectivity index (χ0v) is 12.3. The van der Waals surface area contributed by atoms with Crippen LogP contribution in [0.2, 0.25) is 0 Å². The standard InChI is InChI=1S/C17H17FN2O/c1-10-7-8-13(11(2)20-10)16(19-3)15-9-12-5-4-6-14(18)17(12)21-15/h4-9,16,19H,1-3H3. The highest BCUT2D eigenvalue weighted by Gasteiger charge is 2.20. The Morgan fingerprint density at radius 2 is 2.00 bits per heavy atom. The summed E-state index contributed by atoms with van der Waals surface area (Å²) in [6.45, 7) is 3.93. The summed E-state index contributed by atoms with van der Waals surface area (Å²) >= 11 is 0. The van der Waals surface area contributed by atoms with E-state index in [-0.39, 0.29) is 11.9 Å². The van der Waals surface area contributed by atoms with Gasteiger partial charge in [0.2, 0.25) is 0 Å². The lowest BCUT2D eigenvalue weighted by Crippen LogP contribution is -2.18. The SMILES string of the molecule is CNC(c1cc2cccc(F)c2o1)c1ccc(C)nc1C. The van der Waals surface area contributed by atoms with Gasteiger partial charge in [0.15, 0.2) is 11.4 Å². The number of rotatable bonds is 3. The van der Waals surface area contributed by atoms with Crippen LogP contribution in [0.15, 0.2) is 40.8 Å². The summed E-state index contributed by atoms with van der Waals surface area (Å²) in [7, 11) is 1.85. The fraction of sp³-hybridized carbons (Fsp3) is 0.235. The molecule has 1 N–H and O–H groups in total. The van der Waals surface area contributed by atoms with Gasteiger partial charge in [-0.15, -0.1) is 0 Å². The molecule has 0 saturated carbocycles. The van der Waals surface area contributed by atoms with Gasteiger partial charge in [0, 0.05) is 16.8 Å². The van der Waals surface area contributed by atoms with Crippen molar-refractivity contribution in [1.82, 2.24) is 10.3 Å². The van der Waals surface area contributed by atoms with Crippen molar-refractivity contribution in [2.75, 3.05) is 7.05 Å². The van der Waals surface area contributed by atoms with Gasteiger partial charge in [0.1, 0.15) is 5.76 Å². The maximum atomic E-state index is 13.8. The molecule has 4 heteroatoms. The molecule has 0 aliphatic heterocycles. The first-order valence-corrected chi connectivity index (χ1v) is 6.89. The van der Waals surface area contributed by atoms with E-state index in [4.69, 9.17) is 4.42 Å². The molecule has 3 rings (SSSR count). The Morgan fingerprint density at radius 1 is 1.19 bits per heavy atom. The van der Waals surface area contributed by atoms with Gasteiger partial charge in [0.05, 0.1) is 6.04 Å². The van der Waals surface area contributed by atoms with E-state index in [1.54, 1.807) is 6.07 Å². The van der Waals surface area contributed by atoms with Crippen molar-refractivity contribution < 1.29 is 8.81 Å². The molecule has 1 atom stereocenters. The van der Waals surface area contributed by atoms with Crippen LogP contribution in [0.1, 0.15) is 28.8 Å². The zero-order valence-electron chi connectivity index (χ0n) is 12.3. The molecular formula is C17H17FN2O. The Morgan fingerprint density at radius 3 is 2.67 bits per heavy atom. The van der Waals surface area contributed by atoms with E-state index in [1.165, 1.54) is 6.07 Å². The number of hydrogen-bond acceptors (Lipinski definition) is 3. The minimum atomic E-state index is -0.340. The zero-order chi connectivity index (χ0) is 15.0. The minimum Gasteiger partial charge on any atom is -0.456 e. The Hall–Kier alpha value is -2.20. The summed E-state index contributed by atoms with van der Waals surface area (Å²) in [6.07, 6.45) is 0. The molecule has 0 aliphatic carbocycles. The van der Waals surface area contributed by atoms with Crippen molar-refractivity contribution in [2.24, 2.45) is 0 Å². The van der Waals surface area contributed by atoms with Crippen LogP contribution in [0, 0.1) is 19.7 Å². The topological polar surface area (TPSA) is 38.1 Å². The second-order valence-corrected chi connectivity index (χ2v) is 5.16. The fourth-order valence-corrected chi connectivity index (χ4v) is 2.64. The van der Waals surface area contributed by atoms with Crippen LogP contribution >= 0.6 is 0 Å². The first-order valence-electron chi connectivity index (χ1n) is 6.89. The third kappa shape index (κ3) is 2.43. The number of nitrogens with one attached hydrogen (secondary N) is 1. The second-order valence-electron chi connectivity index (χ2n) is 5.16. The molecule has 0 bridgehead atoms. The Bertz CT molecular complexity index is 795. The van der Waals surface area contributed by atoms with Crippen LogP contribution in [0.4, 0.5) is 4.39 Å². The van der Waals surface area contributed by atoms with E-state index in [2.05, 4.69) is 10.3 Å². The lowest BCUT2D eigenvalue weighted by molar-refractivity contribution is 0.475. The van der Waals surface area contributed by atoms with Crippen molar-refractivity contribution in [3.63, 3.8) is 0 Å².